The molecule has 0 unspecified atom stereocenters. The Bertz CT molecular complexity index is 318. The molecule has 14 heavy (non-hydrogen) atoms. The zero-order valence-corrected chi connectivity index (χ0v) is 9.98. The monoisotopic (exact) mass is 212 g/mol. The molecular weight excluding hydrogens is 196 g/mol. The minimum atomic E-state index is 0.178. The largest absolute Gasteiger partial charge is 0.495 e. The summed E-state index contributed by atoms with van der Waals surface area (Å²) in [5, 5.41) is 0.670. The van der Waals surface area contributed by atoms with Crippen LogP contribution in [0, 0.1) is 0 Å². The van der Waals surface area contributed by atoms with Gasteiger partial charge in [-0.2, -0.15) is 0 Å². The van der Waals surface area contributed by atoms with Gasteiger partial charge in [-0.3, -0.25) is 0 Å². The molecule has 0 fully saturated rings. The Labute approximate surface area is 91.0 Å². The number of methoxy groups -OCH3 is 1. The van der Waals surface area contributed by atoms with E-state index in [1.807, 2.05) is 12.1 Å². The topological polar surface area (TPSA) is 9.23 Å². The van der Waals surface area contributed by atoms with E-state index in [1.54, 1.807) is 7.11 Å². The molecule has 0 saturated heterocycles. The maximum absolute atomic E-state index is 5.96. The number of hydrogen-bond donors (Lipinski definition) is 0. The SMILES string of the molecule is CCC(C)(C)c1ccc(Cl)c(OC)c1. The number of rotatable bonds is 3. The minimum absolute atomic E-state index is 0.178. The molecule has 1 aromatic rings. The molecule has 78 valence electrons. The molecule has 0 aliphatic heterocycles. The van der Waals surface area contributed by atoms with E-state index in [1.165, 1.54) is 5.56 Å². The van der Waals surface area contributed by atoms with Gasteiger partial charge in [0, 0.05) is 0 Å². The van der Waals surface area contributed by atoms with Crippen LogP contribution in [-0.2, 0) is 5.41 Å². The predicted molar refractivity (Wildman–Crippen MR) is 61.3 cm³/mol. The van der Waals surface area contributed by atoms with Gasteiger partial charge in [0.1, 0.15) is 5.75 Å². The number of benzene rings is 1. The zero-order chi connectivity index (χ0) is 10.8. The Morgan fingerprint density at radius 3 is 2.50 bits per heavy atom. The van der Waals surface area contributed by atoms with E-state index < -0.39 is 0 Å². The molecule has 1 aromatic carbocycles. The molecule has 0 N–H and O–H groups in total. The summed E-state index contributed by atoms with van der Waals surface area (Å²) in [4.78, 5) is 0. The second-order valence-corrected chi connectivity index (χ2v) is 4.49. The summed E-state index contributed by atoms with van der Waals surface area (Å²) in [7, 11) is 1.64. The van der Waals surface area contributed by atoms with Crippen LogP contribution in [0.2, 0.25) is 5.02 Å². The summed E-state index contributed by atoms with van der Waals surface area (Å²) in [5.74, 6) is 0.755. The molecule has 0 bridgehead atoms. The summed E-state index contributed by atoms with van der Waals surface area (Å²) < 4.78 is 5.19. The standard InChI is InChI=1S/C12H17ClO/c1-5-12(2,3)9-6-7-10(13)11(8-9)14-4/h6-8H,5H2,1-4H3. The van der Waals surface area contributed by atoms with Gasteiger partial charge < -0.3 is 4.74 Å². The lowest BCUT2D eigenvalue weighted by Gasteiger charge is -2.23. The molecule has 0 aliphatic carbocycles. The van der Waals surface area contributed by atoms with Crippen molar-refractivity contribution in [1.82, 2.24) is 0 Å². The highest BCUT2D eigenvalue weighted by atomic mass is 35.5. The second kappa shape index (κ2) is 4.22. The zero-order valence-electron chi connectivity index (χ0n) is 9.23. The third-order valence-electron chi connectivity index (χ3n) is 2.82. The average molecular weight is 213 g/mol. The van der Waals surface area contributed by atoms with Crippen LogP contribution in [-0.4, -0.2) is 7.11 Å². The van der Waals surface area contributed by atoms with Gasteiger partial charge >= 0.3 is 0 Å². The van der Waals surface area contributed by atoms with E-state index in [0.29, 0.717) is 5.02 Å². The van der Waals surface area contributed by atoms with Crippen LogP contribution in [0.3, 0.4) is 0 Å². The lowest BCUT2D eigenvalue weighted by molar-refractivity contribution is 0.411. The fraction of sp³-hybridized carbons (Fsp3) is 0.500. The van der Waals surface area contributed by atoms with Crippen LogP contribution in [0.4, 0.5) is 0 Å². The third-order valence-corrected chi connectivity index (χ3v) is 3.13. The summed E-state index contributed by atoms with van der Waals surface area (Å²) in [6.45, 7) is 6.62. The molecule has 0 spiro atoms. The van der Waals surface area contributed by atoms with E-state index in [0.717, 1.165) is 12.2 Å². The number of hydrogen-bond acceptors (Lipinski definition) is 1. The van der Waals surface area contributed by atoms with Gasteiger partial charge in [0.25, 0.3) is 0 Å². The van der Waals surface area contributed by atoms with E-state index >= 15 is 0 Å². The average Bonchev–Trinajstić information content (AvgIpc) is 2.18. The Kier molecular flexibility index (Phi) is 3.43. The highest BCUT2D eigenvalue weighted by Gasteiger charge is 2.19. The highest BCUT2D eigenvalue weighted by molar-refractivity contribution is 6.32. The Hall–Kier alpha value is -0.690. The number of halogens is 1. The molecule has 0 aliphatic rings. The maximum Gasteiger partial charge on any atom is 0.137 e. The van der Waals surface area contributed by atoms with E-state index in [9.17, 15) is 0 Å². The van der Waals surface area contributed by atoms with Gasteiger partial charge in [0.15, 0.2) is 0 Å². The van der Waals surface area contributed by atoms with E-state index in [-0.39, 0.29) is 5.41 Å². The van der Waals surface area contributed by atoms with Crippen molar-refractivity contribution in [1.29, 1.82) is 0 Å². The Morgan fingerprint density at radius 1 is 1.36 bits per heavy atom. The second-order valence-electron chi connectivity index (χ2n) is 4.09. The highest BCUT2D eigenvalue weighted by Crippen LogP contribution is 2.33. The predicted octanol–water partition coefficient (Wildman–Crippen LogP) is 4.04. The first-order valence-corrected chi connectivity index (χ1v) is 5.23. The van der Waals surface area contributed by atoms with Crippen LogP contribution in [0.25, 0.3) is 0 Å². The van der Waals surface area contributed by atoms with Crippen molar-refractivity contribution in [3.05, 3.63) is 28.8 Å². The molecule has 0 heterocycles. The van der Waals surface area contributed by atoms with Crippen LogP contribution in [0.5, 0.6) is 5.75 Å². The molecule has 0 amide bonds. The van der Waals surface area contributed by atoms with Crippen LogP contribution in [0.1, 0.15) is 32.8 Å². The third kappa shape index (κ3) is 2.21. The molecule has 0 radical (unpaired) electrons. The molecule has 2 heteroatoms. The van der Waals surface area contributed by atoms with Gasteiger partial charge in [-0.15, -0.1) is 0 Å². The lowest BCUT2D eigenvalue weighted by atomic mass is 9.82. The van der Waals surface area contributed by atoms with Crippen LogP contribution >= 0.6 is 11.6 Å². The Balaban J connectivity index is 3.12. The van der Waals surface area contributed by atoms with E-state index in [2.05, 4.69) is 26.8 Å². The van der Waals surface area contributed by atoms with Gasteiger partial charge in [0.2, 0.25) is 0 Å². The first-order valence-electron chi connectivity index (χ1n) is 4.85. The fourth-order valence-electron chi connectivity index (χ4n) is 1.28. The van der Waals surface area contributed by atoms with Crippen molar-refractivity contribution in [2.45, 2.75) is 32.6 Å². The van der Waals surface area contributed by atoms with Gasteiger partial charge in [-0.1, -0.05) is 38.4 Å². The molecule has 1 nitrogen and oxygen atoms in total. The molecular formula is C12H17ClO. The van der Waals surface area contributed by atoms with Crippen molar-refractivity contribution in [3.8, 4) is 5.75 Å². The normalized spacial score (nSPS) is 11.5. The smallest absolute Gasteiger partial charge is 0.137 e. The minimum Gasteiger partial charge on any atom is -0.495 e. The molecule has 0 atom stereocenters. The maximum atomic E-state index is 5.96. The van der Waals surface area contributed by atoms with Gasteiger partial charge in [-0.25, -0.2) is 0 Å². The van der Waals surface area contributed by atoms with Gasteiger partial charge in [-0.05, 0) is 29.5 Å². The van der Waals surface area contributed by atoms with Crippen LogP contribution in [0.15, 0.2) is 18.2 Å². The summed E-state index contributed by atoms with van der Waals surface area (Å²) >= 11 is 5.96. The number of ether oxygens (including phenoxy) is 1. The van der Waals surface area contributed by atoms with Crippen molar-refractivity contribution >= 4 is 11.6 Å². The van der Waals surface area contributed by atoms with Crippen molar-refractivity contribution in [3.63, 3.8) is 0 Å². The lowest BCUT2D eigenvalue weighted by Crippen LogP contribution is -2.15. The van der Waals surface area contributed by atoms with Gasteiger partial charge in [0.05, 0.1) is 12.1 Å². The Morgan fingerprint density at radius 2 is 2.00 bits per heavy atom. The first kappa shape index (κ1) is 11.4. The molecule has 0 aromatic heterocycles. The summed E-state index contributed by atoms with van der Waals surface area (Å²) in [5.41, 5.74) is 1.44. The summed E-state index contributed by atoms with van der Waals surface area (Å²) in [6, 6.07) is 5.98. The quantitative estimate of drug-likeness (QED) is 0.735. The van der Waals surface area contributed by atoms with Crippen molar-refractivity contribution < 1.29 is 4.74 Å². The van der Waals surface area contributed by atoms with Crippen LogP contribution < -0.4 is 4.74 Å². The van der Waals surface area contributed by atoms with Crippen molar-refractivity contribution in [2.24, 2.45) is 0 Å². The fourth-order valence-corrected chi connectivity index (χ4v) is 1.48. The first-order chi connectivity index (χ1) is 6.51. The summed E-state index contributed by atoms with van der Waals surface area (Å²) in [6.07, 6.45) is 1.10. The van der Waals surface area contributed by atoms with Crippen molar-refractivity contribution in [2.75, 3.05) is 7.11 Å². The molecule has 0 saturated carbocycles. The molecule has 1 rings (SSSR count). The van der Waals surface area contributed by atoms with E-state index in [4.69, 9.17) is 16.3 Å².